The van der Waals surface area contributed by atoms with Crippen LogP contribution in [-0.2, 0) is 0 Å². The van der Waals surface area contributed by atoms with E-state index in [1.54, 1.807) is 11.8 Å². The van der Waals surface area contributed by atoms with Crippen molar-refractivity contribution in [2.75, 3.05) is 5.75 Å². The fourth-order valence-electron chi connectivity index (χ4n) is 1.52. The minimum atomic E-state index is -0.380. The number of hydrogen-bond donors (Lipinski definition) is 2. The summed E-state index contributed by atoms with van der Waals surface area (Å²) in [5.41, 5.74) is 8.77. The summed E-state index contributed by atoms with van der Waals surface area (Å²) in [6.45, 7) is 2.05. The number of imidazole rings is 1. The van der Waals surface area contributed by atoms with Gasteiger partial charge in [-0.2, -0.15) is 5.26 Å². The maximum Gasteiger partial charge on any atom is 0.166 e. The van der Waals surface area contributed by atoms with Crippen LogP contribution >= 0.6 is 11.8 Å². The van der Waals surface area contributed by atoms with Crippen molar-refractivity contribution >= 4 is 22.8 Å². The van der Waals surface area contributed by atoms with Crippen LogP contribution in [0, 0.1) is 18.3 Å². The molecule has 0 saturated heterocycles. The van der Waals surface area contributed by atoms with Crippen LogP contribution in [0.25, 0.3) is 11.0 Å². The summed E-state index contributed by atoms with van der Waals surface area (Å²) in [6.07, 6.45) is 0.678. The van der Waals surface area contributed by atoms with E-state index in [4.69, 9.17) is 11.0 Å². The quantitative estimate of drug-likeness (QED) is 0.811. The van der Waals surface area contributed by atoms with Gasteiger partial charge < -0.3 is 10.7 Å². The van der Waals surface area contributed by atoms with Crippen LogP contribution < -0.4 is 5.73 Å². The molecule has 1 aromatic carbocycles. The number of aromatic nitrogens is 2. The molecule has 0 bridgehead atoms. The Balaban J connectivity index is 2.02. The van der Waals surface area contributed by atoms with Crippen molar-refractivity contribution in [3.63, 3.8) is 0 Å². The zero-order valence-corrected chi connectivity index (χ0v) is 10.4. The molecular formula is C12H14N4S. The number of nitrogens with two attached hydrogens (primary N) is 1. The van der Waals surface area contributed by atoms with Crippen molar-refractivity contribution in [1.29, 1.82) is 5.26 Å². The van der Waals surface area contributed by atoms with Crippen molar-refractivity contribution < 1.29 is 0 Å². The van der Waals surface area contributed by atoms with Gasteiger partial charge in [-0.25, -0.2) is 4.98 Å². The van der Waals surface area contributed by atoms with Crippen molar-refractivity contribution in [1.82, 2.24) is 9.97 Å². The van der Waals surface area contributed by atoms with Gasteiger partial charge >= 0.3 is 0 Å². The second-order valence-corrected chi connectivity index (χ2v) is 5.02. The first kappa shape index (κ1) is 12.0. The van der Waals surface area contributed by atoms with E-state index in [2.05, 4.69) is 23.0 Å². The molecule has 1 unspecified atom stereocenters. The molecule has 88 valence electrons. The molecule has 2 rings (SSSR count). The highest BCUT2D eigenvalue weighted by molar-refractivity contribution is 7.99. The first-order valence-electron chi connectivity index (χ1n) is 5.43. The highest BCUT2D eigenvalue weighted by atomic mass is 32.2. The van der Waals surface area contributed by atoms with Crippen molar-refractivity contribution in [3.8, 4) is 6.07 Å². The van der Waals surface area contributed by atoms with Gasteiger partial charge in [0.05, 0.1) is 23.1 Å². The number of rotatable bonds is 4. The highest BCUT2D eigenvalue weighted by Gasteiger charge is 2.05. The lowest BCUT2D eigenvalue weighted by molar-refractivity contribution is 0.802. The van der Waals surface area contributed by atoms with Gasteiger partial charge in [0.1, 0.15) is 0 Å². The van der Waals surface area contributed by atoms with Crippen LogP contribution in [0.4, 0.5) is 0 Å². The van der Waals surface area contributed by atoms with Gasteiger partial charge in [0.2, 0.25) is 0 Å². The Morgan fingerprint density at radius 2 is 2.41 bits per heavy atom. The van der Waals surface area contributed by atoms with Gasteiger partial charge in [0.15, 0.2) is 5.16 Å². The maximum atomic E-state index is 8.57. The molecule has 3 N–H and O–H groups in total. The number of aryl methyl sites for hydroxylation is 1. The van der Waals surface area contributed by atoms with E-state index >= 15 is 0 Å². The number of benzene rings is 1. The predicted octanol–water partition coefficient (Wildman–Crippen LogP) is 2.20. The molecule has 0 fully saturated rings. The molecule has 0 aliphatic rings. The fourth-order valence-corrected chi connectivity index (χ4v) is 2.43. The normalized spacial score (nSPS) is 12.5. The summed E-state index contributed by atoms with van der Waals surface area (Å²) >= 11 is 1.60. The lowest BCUT2D eigenvalue weighted by atomic mass is 10.2. The lowest BCUT2D eigenvalue weighted by Gasteiger charge is -1.99. The first-order valence-corrected chi connectivity index (χ1v) is 6.42. The van der Waals surface area contributed by atoms with Crippen molar-refractivity contribution in [3.05, 3.63) is 23.8 Å². The molecule has 1 heterocycles. The number of hydrogen-bond acceptors (Lipinski definition) is 4. The average Bonchev–Trinajstić information content (AvgIpc) is 2.70. The third-order valence-electron chi connectivity index (χ3n) is 2.45. The highest BCUT2D eigenvalue weighted by Crippen LogP contribution is 2.20. The largest absolute Gasteiger partial charge is 0.333 e. The first-order chi connectivity index (χ1) is 8.19. The molecule has 1 atom stereocenters. The Morgan fingerprint density at radius 1 is 1.59 bits per heavy atom. The SMILES string of the molecule is Cc1ccc2nc(SCCC(N)C#N)[nH]c2c1. The van der Waals surface area contributed by atoms with Crippen molar-refractivity contribution in [2.24, 2.45) is 5.73 Å². The summed E-state index contributed by atoms with van der Waals surface area (Å²) < 4.78 is 0. The zero-order valence-electron chi connectivity index (χ0n) is 9.60. The van der Waals surface area contributed by atoms with Gasteiger partial charge in [-0.1, -0.05) is 17.8 Å². The Morgan fingerprint density at radius 3 is 3.18 bits per heavy atom. The van der Waals surface area contributed by atoms with E-state index < -0.39 is 0 Å². The summed E-state index contributed by atoms with van der Waals surface area (Å²) in [7, 11) is 0. The molecular weight excluding hydrogens is 232 g/mol. The molecule has 0 saturated carbocycles. The molecule has 0 amide bonds. The number of H-pyrrole nitrogens is 1. The number of nitrogens with zero attached hydrogens (tertiary/aromatic N) is 2. The van der Waals surface area contributed by atoms with E-state index in [0.29, 0.717) is 6.42 Å². The summed E-state index contributed by atoms with van der Waals surface area (Å²) in [5, 5.41) is 9.45. The Kier molecular flexibility index (Phi) is 3.67. The Bertz CT molecular complexity index is 555. The number of nitrogens with one attached hydrogen (secondary N) is 1. The van der Waals surface area contributed by atoms with Crippen molar-refractivity contribution in [2.45, 2.75) is 24.5 Å². The molecule has 2 aromatic rings. The maximum absolute atomic E-state index is 8.57. The second kappa shape index (κ2) is 5.21. The van der Waals surface area contributed by atoms with E-state index in [1.807, 2.05) is 18.2 Å². The zero-order chi connectivity index (χ0) is 12.3. The number of nitriles is 1. The van der Waals surface area contributed by atoms with E-state index in [-0.39, 0.29) is 6.04 Å². The minimum Gasteiger partial charge on any atom is -0.333 e. The summed E-state index contributed by atoms with van der Waals surface area (Å²) in [5.74, 6) is 0.799. The Hall–Kier alpha value is -1.51. The lowest BCUT2D eigenvalue weighted by Crippen LogP contribution is -2.17. The van der Waals surface area contributed by atoms with E-state index in [0.717, 1.165) is 21.9 Å². The molecule has 0 radical (unpaired) electrons. The number of fused-ring (bicyclic) bond motifs is 1. The molecule has 0 spiro atoms. The molecule has 17 heavy (non-hydrogen) atoms. The standard InChI is InChI=1S/C12H14N4S/c1-8-2-3-10-11(6-8)16-12(15-10)17-5-4-9(14)7-13/h2-3,6,9H,4-5,14H2,1H3,(H,15,16). The van der Waals surface area contributed by atoms with Gasteiger partial charge in [-0.3, -0.25) is 0 Å². The Labute approximate surface area is 104 Å². The van der Waals surface area contributed by atoms with Crippen LogP contribution in [0.3, 0.4) is 0 Å². The molecule has 0 aliphatic heterocycles. The minimum absolute atomic E-state index is 0.380. The molecule has 5 heteroatoms. The topological polar surface area (TPSA) is 78.5 Å². The third-order valence-corrected chi connectivity index (χ3v) is 3.36. The summed E-state index contributed by atoms with van der Waals surface area (Å²) in [4.78, 5) is 7.72. The molecule has 1 aromatic heterocycles. The van der Waals surface area contributed by atoms with Crippen LogP contribution in [-0.4, -0.2) is 21.8 Å². The molecule has 4 nitrogen and oxygen atoms in total. The van der Waals surface area contributed by atoms with Gasteiger partial charge in [-0.05, 0) is 31.0 Å². The number of aromatic amines is 1. The predicted molar refractivity (Wildman–Crippen MR) is 69.8 cm³/mol. The summed E-state index contributed by atoms with van der Waals surface area (Å²) in [6, 6.07) is 7.77. The van der Waals surface area contributed by atoms with Crippen LogP contribution in [0.15, 0.2) is 23.4 Å². The van der Waals surface area contributed by atoms with Gasteiger partial charge in [0.25, 0.3) is 0 Å². The number of thioether (sulfide) groups is 1. The third kappa shape index (κ3) is 2.99. The fraction of sp³-hybridized carbons (Fsp3) is 0.333. The average molecular weight is 246 g/mol. The van der Waals surface area contributed by atoms with E-state index in [1.165, 1.54) is 5.56 Å². The van der Waals surface area contributed by atoms with Gasteiger partial charge in [0, 0.05) is 5.75 Å². The van der Waals surface area contributed by atoms with Crippen LogP contribution in [0.2, 0.25) is 0 Å². The van der Waals surface area contributed by atoms with Gasteiger partial charge in [-0.15, -0.1) is 0 Å². The van der Waals surface area contributed by atoms with Crippen LogP contribution in [0.5, 0.6) is 0 Å². The molecule has 0 aliphatic carbocycles. The second-order valence-electron chi connectivity index (χ2n) is 3.94. The van der Waals surface area contributed by atoms with E-state index in [9.17, 15) is 0 Å². The monoisotopic (exact) mass is 246 g/mol. The van der Waals surface area contributed by atoms with Crippen LogP contribution in [0.1, 0.15) is 12.0 Å². The smallest absolute Gasteiger partial charge is 0.166 e.